The molecule has 8 nitrogen and oxygen atoms in total. The van der Waals surface area contributed by atoms with Crippen molar-refractivity contribution in [2.24, 2.45) is 5.16 Å². The molecule has 1 atom stereocenters. The lowest BCUT2D eigenvalue weighted by Crippen LogP contribution is -2.52. The fourth-order valence-electron chi connectivity index (χ4n) is 4.38. The first kappa shape index (κ1) is 21.1. The fourth-order valence-corrected chi connectivity index (χ4v) is 4.38. The number of oxime groups is 1. The number of nitrogen functional groups attached to an aromatic ring is 1. The molecular weight excluding hydrogens is 394 g/mol. The SMILES string of the molecule is COc1ccccc1C1=NOC(C)(C(=O)N2CCC(C)(c3cc(N)nc(C)n3)CC2)C1. The third-order valence-electron chi connectivity index (χ3n) is 6.36. The summed E-state index contributed by atoms with van der Waals surface area (Å²) in [5.74, 6) is 1.83. The highest BCUT2D eigenvalue weighted by atomic mass is 16.7. The minimum atomic E-state index is -1.01. The molecular formula is C23H29N5O3. The molecule has 8 heteroatoms. The van der Waals surface area contributed by atoms with Gasteiger partial charge < -0.3 is 20.2 Å². The van der Waals surface area contributed by atoms with Gasteiger partial charge in [0.15, 0.2) is 0 Å². The average Bonchev–Trinajstić information content (AvgIpc) is 3.16. The molecule has 1 saturated heterocycles. The number of piperidine rings is 1. The third-order valence-corrected chi connectivity index (χ3v) is 6.36. The van der Waals surface area contributed by atoms with Crippen LogP contribution in [0, 0.1) is 6.92 Å². The molecule has 1 aromatic heterocycles. The van der Waals surface area contributed by atoms with Gasteiger partial charge in [-0.25, -0.2) is 9.97 Å². The number of aryl methyl sites for hydroxylation is 1. The van der Waals surface area contributed by atoms with Crippen molar-refractivity contribution in [1.29, 1.82) is 0 Å². The van der Waals surface area contributed by atoms with Crippen molar-refractivity contribution in [3.05, 3.63) is 47.4 Å². The number of nitrogens with two attached hydrogens (primary N) is 1. The summed E-state index contributed by atoms with van der Waals surface area (Å²) in [7, 11) is 1.62. The number of carbonyl (C=O) groups excluding carboxylic acids is 1. The van der Waals surface area contributed by atoms with E-state index in [1.807, 2.05) is 49.1 Å². The zero-order valence-electron chi connectivity index (χ0n) is 18.5. The minimum Gasteiger partial charge on any atom is -0.496 e. The van der Waals surface area contributed by atoms with Crippen LogP contribution in [0.25, 0.3) is 0 Å². The number of hydrogen-bond acceptors (Lipinski definition) is 7. The first-order valence-corrected chi connectivity index (χ1v) is 10.5. The van der Waals surface area contributed by atoms with E-state index in [1.165, 1.54) is 0 Å². The number of ether oxygens (including phenoxy) is 1. The topological polar surface area (TPSA) is 103 Å². The summed E-state index contributed by atoms with van der Waals surface area (Å²) in [5.41, 5.74) is 7.29. The maximum absolute atomic E-state index is 13.4. The van der Waals surface area contributed by atoms with Crippen molar-refractivity contribution in [1.82, 2.24) is 14.9 Å². The molecule has 0 saturated carbocycles. The highest BCUT2D eigenvalue weighted by molar-refractivity contribution is 6.07. The van der Waals surface area contributed by atoms with E-state index >= 15 is 0 Å². The number of carbonyl (C=O) groups is 1. The van der Waals surface area contributed by atoms with Gasteiger partial charge in [-0.3, -0.25) is 4.79 Å². The van der Waals surface area contributed by atoms with Crippen molar-refractivity contribution >= 4 is 17.4 Å². The average molecular weight is 424 g/mol. The second kappa shape index (κ2) is 7.83. The molecule has 4 rings (SSSR count). The van der Waals surface area contributed by atoms with E-state index in [1.54, 1.807) is 7.11 Å². The van der Waals surface area contributed by atoms with Gasteiger partial charge in [0.05, 0.1) is 18.5 Å². The van der Waals surface area contributed by atoms with Crippen LogP contribution in [-0.2, 0) is 15.0 Å². The van der Waals surface area contributed by atoms with Crippen LogP contribution in [0.4, 0.5) is 5.82 Å². The van der Waals surface area contributed by atoms with Gasteiger partial charge in [0.1, 0.15) is 17.4 Å². The van der Waals surface area contributed by atoms with Crippen LogP contribution in [0.15, 0.2) is 35.5 Å². The van der Waals surface area contributed by atoms with Crippen molar-refractivity contribution in [3.63, 3.8) is 0 Å². The second-order valence-electron chi connectivity index (χ2n) is 8.82. The van der Waals surface area contributed by atoms with Crippen molar-refractivity contribution in [2.45, 2.75) is 51.0 Å². The van der Waals surface area contributed by atoms with Crippen LogP contribution in [0.5, 0.6) is 5.75 Å². The van der Waals surface area contributed by atoms with Crippen LogP contribution in [0.2, 0.25) is 0 Å². The van der Waals surface area contributed by atoms with Gasteiger partial charge in [-0.05, 0) is 38.8 Å². The largest absolute Gasteiger partial charge is 0.496 e. The predicted molar refractivity (Wildman–Crippen MR) is 118 cm³/mol. The zero-order chi connectivity index (χ0) is 22.2. The molecule has 0 aliphatic carbocycles. The van der Waals surface area contributed by atoms with Gasteiger partial charge in [0.2, 0.25) is 5.60 Å². The van der Waals surface area contributed by atoms with Crippen LogP contribution < -0.4 is 10.5 Å². The third kappa shape index (κ3) is 3.94. The summed E-state index contributed by atoms with van der Waals surface area (Å²) >= 11 is 0. The number of benzene rings is 1. The molecule has 2 aliphatic rings. The summed E-state index contributed by atoms with van der Waals surface area (Å²) in [6, 6.07) is 9.48. The molecule has 0 spiro atoms. The molecule has 2 aliphatic heterocycles. The predicted octanol–water partition coefficient (Wildman–Crippen LogP) is 2.84. The lowest BCUT2D eigenvalue weighted by atomic mass is 9.77. The van der Waals surface area contributed by atoms with Crippen LogP contribution in [0.3, 0.4) is 0 Å². The molecule has 1 aromatic carbocycles. The summed E-state index contributed by atoms with van der Waals surface area (Å²) < 4.78 is 5.43. The van der Waals surface area contributed by atoms with E-state index in [9.17, 15) is 4.79 Å². The van der Waals surface area contributed by atoms with E-state index in [0.29, 0.717) is 31.2 Å². The zero-order valence-corrected chi connectivity index (χ0v) is 18.5. The number of likely N-dealkylation sites (tertiary alicyclic amines) is 1. The standard InChI is InChI=1S/C23H29N5O3/c1-15-25-19(13-20(24)26-15)22(2)9-11-28(12-10-22)21(29)23(3)14-17(27-31-23)16-7-5-6-8-18(16)30-4/h5-8,13H,9-12,14H2,1-4H3,(H2,24,25,26). The highest BCUT2D eigenvalue weighted by Crippen LogP contribution is 2.37. The van der Waals surface area contributed by atoms with Gasteiger partial charge in [-0.1, -0.05) is 24.2 Å². The Labute approximate surface area is 182 Å². The maximum atomic E-state index is 13.4. The lowest BCUT2D eigenvalue weighted by Gasteiger charge is -2.41. The number of nitrogens with zero attached hydrogens (tertiary/aromatic N) is 4. The van der Waals surface area contributed by atoms with Gasteiger partial charge in [0.25, 0.3) is 5.91 Å². The van der Waals surface area contributed by atoms with Gasteiger partial charge in [-0.15, -0.1) is 0 Å². The molecule has 0 bridgehead atoms. The fraction of sp³-hybridized carbons (Fsp3) is 0.478. The number of amides is 1. The van der Waals surface area contributed by atoms with Crippen LogP contribution in [-0.4, -0.2) is 52.3 Å². The Bertz CT molecular complexity index is 1010. The molecule has 1 fully saturated rings. The normalized spacial score (nSPS) is 22.6. The number of anilines is 1. The Hall–Kier alpha value is -3.16. The molecule has 31 heavy (non-hydrogen) atoms. The summed E-state index contributed by atoms with van der Waals surface area (Å²) in [6.45, 7) is 7.08. The Morgan fingerprint density at radius 3 is 2.58 bits per heavy atom. The van der Waals surface area contributed by atoms with Crippen LogP contribution >= 0.6 is 0 Å². The summed E-state index contributed by atoms with van der Waals surface area (Å²) in [5, 5.41) is 4.24. The number of para-hydroxylation sites is 1. The lowest BCUT2D eigenvalue weighted by molar-refractivity contribution is -0.154. The Balaban J connectivity index is 1.44. The number of aromatic nitrogens is 2. The molecule has 2 N–H and O–H groups in total. The van der Waals surface area contributed by atoms with Gasteiger partial charge in [0, 0.05) is 36.6 Å². The molecule has 0 radical (unpaired) electrons. The van der Waals surface area contributed by atoms with Crippen molar-refractivity contribution < 1.29 is 14.4 Å². The molecule has 1 unspecified atom stereocenters. The van der Waals surface area contributed by atoms with E-state index in [4.69, 9.17) is 15.3 Å². The number of rotatable bonds is 4. The second-order valence-corrected chi connectivity index (χ2v) is 8.82. The Kier molecular flexibility index (Phi) is 5.33. The first-order valence-electron chi connectivity index (χ1n) is 10.5. The maximum Gasteiger partial charge on any atom is 0.269 e. The molecule has 1 amide bonds. The van der Waals surface area contributed by atoms with E-state index in [0.717, 1.165) is 35.6 Å². The minimum absolute atomic E-state index is 0.0402. The van der Waals surface area contributed by atoms with Gasteiger partial charge in [-0.2, -0.15) is 0 Å². The molecule has 2 aromatic rings. The number of hydrogen-bond donors (Lipinski definition) is 1. The van der Waals surface area contributed by atoms with E-state index in [-0.39, 0.29) is 11.3 Å². The number of methoxy groups -OCH3 is 1. The van der Waals surface area contributed by atoms with E-state index < -0.39 is 5.60 Å². The summed E-state index contributed by atoms with van der Waals surface area (Å²) in [6.07, 6.45) is 2.00. The van der Waals surface area contributed by atoms with Crippen molar-refractivity contribution in [3.8, 4) is 5.75 Å². The Morgan fingerprint density at radius 2 is 1.90 bits per heavy atom. The quantitative estimate of drug-likeness (QED) is 0.811. The van der Waals surface area contributed by atoms with Gasteiger partial charge >= 0.3 is 0 Å². The highest BCUT2D eigenvalue weighted by Gasteiger charge is 2.47. The smallest absolute Gasteiger partial charge is 0.269 e. The molecule has 164 valence electrons. The molecule has 3 heterocycles. The van der Waals surface area contributed by atoms with Crippen LogP contribution in [0.1, 0.15) is 50.2 Å². The van der Waals surface area contributed by atoms with Crippen molar-refractivity contribution in [2.75, 3.05) is 25.9 Å². The Morgan fingerprint density at radius 1 is 1.19 bits per heavy atom. The summed E-state index contributed by atoms with van der Waals surface area (Å²) in [4.78, 5) is 29.7. The van der Waals surface area contributed by atoms with E-state index in [2.05, 4.69) is 22.0 Å². The monoisotopic (exact) mass is 423 g/mol. The first-order chi connectivity index (χ1) is 14.7.